The Morgan fingerprint density at radius 3 is 2.50 bits per heavy atom. The molecule has 3 heteroatoms. The van der Waals surface area contributed by atoms with Gasteiger partial charge in [0.25, 0.3) is 0 Å². The molecule has 0 aliphatic rings. The number of benzene rings is 1. The predicted octanol–water partition coefficient (Wildman–Crippen LogP) is 2.55. The lowest BCUT2D eigenvalue weighted by molar-refractivity contribution is -0.113. The first-order valence-corrected chi connectivity index (χ1v) is 6.03. The third-order valence-corrected chi connectivity index (χ3v) is 2.47. The number of carbonyl (C=O) groups is 1. The zero-order valence-corrected chi connectivity index (χ0v) is 9.36. The molecule has 1 N–H and O–H groups in total. The van der Waals surface area contributed by atoms with Crippen molar-refractivity contribution in [2.24, 2.45) is 0 Å². The normalized spacial score (nSPS) is 9.86. The number of hydrogen-bond acceptors (Lipinski definition) is 2. The Labute approximate surface area is 89.1 Å². The van der Waals surface area contributed by atoms with Gasteiger partial charge in [-0.2, -0.15) is 11.8 Å². The molecule has 1 amide bonds. The Morgan fingerprint density at radius 2 is 2.00 bits per heavy atom. The summed E-state index contributed by atoms with van der Waals surface area (Å²) in [6.45, 7) is 2.11. The van der Waals surface area contributed by atoms with Crippen molar-refractivity contribution in [1.82, 2.24) is 0 Å². The van der Waals surface area contributed by atoms with Gasteiger partial charge in [0.15, 0.2) is 0 Å². The van der Waals surface area contributed by atoms with Gasteiger partial charge in [-0.05, 0) is 30.4 Å². The second kappa shape index (κ2) is 5.70. The van der Waals surface area contributed by atoms with E-state index in [9.17, 15) is 4.79 Å². The van der Waals surface area contributed by atoms with Crippen LogP contribution in [0.1, 0.15) is 12.5 Å². The molecular weight excluding hydrogens is 194 g/mol. The van der Waals surface area contributed by atoms with Crippen LogP contribution >= 0.6 is 11.8 Å². The first-order chi connectivity index (χ1) is 6.76. The molecule has 1 rings (SSSR count). The molecular formula is C11H15NOS. The third-order valence-electron chi connectivity index (χ3n) is 1.92. The van der Waals surface area contributed by atoms with Gasteiger partial charge >= 0.3 is 0 Å². The molecule has 0 aromatic heterocycles. The fourth-order valence-electron chi connectivity index (χ4n) is 1.15. The van der Waals surface area contributed by atoms with Crippen LogP contribution in [0, 0.1) is 0 Å². The van der Waals surface area contributed by atoms with Gasteiger partial charge in [-0.3, -0.25) is 4.79 Å². The minimum absolute atomic E-state index is 0.0572. The molecule has 0 saturated heterocycles. The van der Waals surface area contributed by atoms with Crippen LogP contribution < -0.4 is 5.32 Å². The van der Waals surface area contributed by atoms with E-state index in [0.717, 1.165) is 12.1 Å². The number of rotatable bonds is 4. The first-order valence-electron chi connectivity index (χ1n) is 4.64. The van der Waals surface area contributed by atoms with Crippen molar-refractivity contribution in [3.8, 4) is 0 Å². The van der Waals surface area contributed by atoms with Crippen molar-refractivity contribution < 1.29 is 4.79 Å². The van der Waals surface area contributed by atoms with Gasteiger partial charge in [-0.25, -0.2) is 0 Å². The standard InChI is InChI=1S/C11H15NOS/c1-3-9-4-6-10(7-5-9)12-11(13)8-14-2/h4-7H,3,8H2,1-2H3,(H,12,13). The highest BCUT2D eigenvalue weighted by molar-refractivity contribution is 7.99. The van der Waals surface area contributed by atoms with E-state index in [1.165, 1.54) is 17.3 Å². The molecule has 0 radical (unpaired) electrons. The molecule has 14 heavy (non-hydrogen) atoms. The lowest BCUT2D eigenvalue weighted by atomic mass is 10.1. The lowest BCUT2D eigenvalue weighted by Gasteiger charge is -2.04. The number of thioether (sulfide) groups is 1. The Kier molecular flexibility index (Phi) is 4.53. The highest BCUT2D eigenvalue weighted by Gasteiger charge is 1.99. The minimum Gasteiger partial charge on any atom is -0.325 e. The van der Waals surface area contributed by atoms with Gasteiger partial charge in [0, 0.05) is 5.69 Å². The minimum atomic E-state index is 0.0572. The lowest BCUT2D eigenvalue weighted by Crippen LogP contribution is -2.13. The van der Waals surface area contributed by atoms with E-state index in [2.05, 4.69) is 12.2 Å². The van der Waals surface area contributed by atoms with Crippen LogP contribution in [0.25, 0.3) is 0 Å². The van der Waals surface area contributed by atoms with E-state index in [4.69, 9.17) is 0 Å². The largest absolute Gasteiger partial charge is 0.325 e. The van der Waals surface area contributed by atoms with Crippen LogP contribution in [0.2, 0.25) is 0 Å². The Bertz CT molecular complexity index is 295. The van der Waals surface area contributed by atoms with Gasteiger partial charge in [0.1, 0.15) is 0 Å². The van der Waals surface area contributed by atoms with Crippen LogP contribution in [0.15, 0.2) is 24.3 Å². The summed E-state index contributed by atoms with van der Waals surface area (Å²) in [7, 11) is 0. The van der Waals surface area contributed by atoms with Crippen LogP contribution in [0.5, 0.6) is 0 Å². The number of anilines is 1. The average molecular weight is 209 g/mol. The maximum atomic E-state index is 11.2. The molecule has 0 aliphatic heterocycles. The maximum absolute atomic E-state index is 11.2. The monoisotopic (exact) mass is 209 g/mol. The first kappa shape index (κ1) is 11.1. The molecule has 0 aliphatic carbocycles. The summed E-state index contributed by atoms with van der Waals surface area (Å²) in [5.74, 6) is 0.567. The fourth-order valence-corrected chi connectivity index (χ4v) is 1.49. The summed E-state index contributed by atoms with van der Waals surface area (Å²) in [6, 6.07) is 7.96. The van der Waals surface area contributed by atoms with Crippen molar-refractivity contribution in [3.05, 3.63) is 29.8 Å². The zero-order chi connectivity index (χ0) is 10.4. The Morgan fingerprint density at radius 1 is 1.36 bits per heavy atom. The van der Waals surface area contributed by atoms with Crippen LogP contribution in [-0.4, -0.2) is 17.9 Å². The molecule has 0 unspecified atom stereocenters. The number of amides is 1. The van der Waals surface area contributed by atoms with Gasteiger partial charge in [0.05, 0.1) is 5.75 Å². The van der Waals surface area contributed by atoms with E-state index >= 15 is 0 Å². The van der Waals surface area contributed by atoms with Gasteiger partial charge in [-0.15, -0.1) is 0 Å². The van der Waals surface area contributed by atoms with E-state index in [0.29, 0.717) is 5.75 Å². The number of hydrogen-bond donors (Lipinski definition) is 1. The molecule has 0 heterocycles. The molecule has 0 bridgehead atoms. The van der Waals surface area contributed by atoms with E-state index in [1.54, 1.807) is 0 Å². The van der Waals surface area contributed by atoms with Crippen molar-refractivity contribution in [3.63, 3.8) is 0 Å². The van der Waals surface area contributed by atoms with E-state index in [-0.39, 0.29) is 5.91 Å². The summed E-state index contributed by atoms with van der Waals surface area (Å²) >= 11 is 1.52. The summed E-state index contributed by atoms with van der Waals surface area (Å²) < 4.78 is 0. The molecule has 0 fully saturated rings. The van der Waals surface area contributed by atoms with E-state index < -0.39 is 0 Å². The van der Waals surface area contributed by atoms with Gasteiger partial charge < -0.3 is 5.32 Å². The zero-order valence-electron chi connectivity index (χ0n) is 8.54. The quantitative estimate of drug-likeness (QED) is 0.825. The molecule has 2 nitrogen and oxygen atoms in total. The van der Waals surface area contributed by atoms with Crippen molar-refractivity contribution in [2.75, 3.05) is 17.3 Å². The highest BCUT2D eigenvalue weighted by atomic mass is 32.2. The fraction of sp³-hybridized carbons (Fsp3) is 0.364. The summed E-state index contributed by atoms with van der Waals surface area (Å²) in [4.78, 5) is 11.2. The number of carbonyl (C=O) groups excluding carboxylic acids is 1. The third kappa shape index (κ3) is 3.42. The summed E-state index contributed by atoms with van der Waals surface area (Å²) in [6.07, 6.45) is 2.94. The van der Waals surface area contributed by atoms with Gasteiger partial charge in [-0.1, -0.05) is 19.1 Å². The summed E-state index contributed by atoms with van der Waals surface area (Å²) in [5, 5.41) is 2.83. The van der Waals surface area contributed by atoms with Crippen molar-refractivity contribution in [1.29, 1.82) is 0 Å². The Hall–Kier alpha value is -0.960. The van der Waals surface area contributed by atoms with Crippen LogP contribution in [0.3, 0.4) is 0 Å². The highest BCUT2D eigenvalue weighted by Crippen LogP contribution is 2.10. The molecule has 1 aromatic rings. The number of nitrogens with one attached hydrogen (secondary N) is 1. The molecule has 76 valence electrons. The van der Waals surface area contributed by atoms with Crippen molar-refractivity contribution >= 4 is 23.4 Å². The predicted molar refractivity (Wildman–Crippen MR) is 62.8 cm³/mol. The topological polar surface area (TPSA) is 29.1 Å². The second-order valence-corrected chi connectivity index (χ2v) is 3.90. The SMILES string of the molecule is CCc1ccc(NC(=O)CSC)cc1. The van der Waals surface area contributed by atoms with Gasteiger partial charge in [0.2, 0.25) is 5.91 Å². The summed E-state index contributed by atoms with van der Waals surface area (Å²) in [5.41, 5.74) is 2.16. The molecule has 0 spiro atoms. The van der Waals surface area contributed by atoms with Crippen molar-refractivity contribution in [2.45, 2.75) is 13.3 Å². The molecule has 0 saturated carbocycles. The van der Waals surface area contributed by atoms with Crippen LogP contribution in [0.4, 0.5) is 5.69 Å². The number of aryl methyl sites for hydroxylation is 1. The maximum Gasteiger partial charge on any atom is 0.234 e. The molecule has 1 aromatic carbocycles. The smallest absolute Gasteiger partial charge is 0.234 e. The molecule has 0 atom stereocenters. The average Bonchev–Trinajstić information content (AvgIpc) is 2.19. The second-order valence-electron chi connectivity index (χ2n) is 3.03. The van der Waals surface area contributed by atoms with Crippen LogP contribution in [-0.2, 0) is 11.2 Å². The Balaban J connectivity index is 2.55. The van der Waals surface area contributed by atoms with E-state index in [1.807, 2.05) is 30.5 Å².